The maximum atomic E-state index is 9.04. The van der Waals surface area contributed by atoms with Crippen LogP contribution in [0.3, 0.4) is 0 Å². The number of hydrogen-bond donors (Lipinski definition) is 1. The van der Waals surface area contributed by atoms with Crippen molar-refractivity contribution < 1.29 is 5.11 Å². The van der Waals surface area contributed by atoms with Gasteiger partial charge in [0.15, 0.2) is 0 Å². The first-order chi connectivity index (χ1) is 6.79. The Kier molecular flexibility index (Phi) is 3.08. The highest BCUT2D eigenvalue weighted by atomic mass is 79.9. The van der Waals surface area contributed by atoms with Gasteiger partial charge in [0.05, 0.1) is 0 Å². The van der Waals surface area contributed by atoms with Gasteiger partial charge in [-0.2, -0.15) is 0 Å². The Bertz CT molecular complexity index is 299. The summed E-state index contributed by atoms with van der Waals surface area (Å²) in [5, 5.41) is 9.04. The summed E-state index contributed by atoms with van der Waals surface area (Å²) < 4.78 is 1.11. The Balaban J connectivity index is 2.06. The van der Waals surface area contributed by atoms with E-state index in [1.54, 1.807) is 0 Å². The minimum atomic E-state index is 0.313. The van der Waals surface area contributed by atoms with Gasteiger partial charge in [-0.1, -0.05) is 15.9 Å². The lowest BCUT2D eigenvalue weighted by molar-refractivity contribution is 0.238. The fraction of sp³-hybridized carbons (Fsp3) is 0.455. The van der Waals surface area contributed by atoms with Gasteiger partial charge in [-0.05, 0) is 30.7 Å². The normalized spacial score (nSPS) is 21.6. The summed E-state index contributed by atoms with van der Waals surface area (Å²) in [6, 6.07) is 8.34. The van der Waals surface area contributed by atoms with Crippen LogP contribution in [0.25, 0.3) is 0 Å². The van der Waals surface area contributed by atoms with Gasteiger partial charge in [0.1, 0.15) is 0 Å². The van der Waals surface area contributed by atoms with Gasteiger partial charge in [0.25, 0.3) is 0 Å². The van der Waals surface area contributed by atoms with Crippen molar-refractivity contribution in [3.63, 3.8) is 0 Å². The van der Waals surface area contributed by atoms with Crippen LogP contribution in [0.15, 0.2) is 28.7 Å². The Morgan fingerprint density at radius 1 is 1.36 bits per heavy atom. The molecular formula is C11H14BrNO. The number of halogens is 1. The largest absolute Gasteiger partial charge is 0.396 e. The average molecular weight is 256 g/mol. The second-order valence-corrected chi connectivity index (χ2v) is 4.68. The summed E-state index contributed by atoms with van der Waals surface area (Å²) in [4.78, 5) is 2.33. The lowest BCUT2D eigenvalue weighted by atomic mass is 10.1. The van der Waals surface area contributed by atoms with Gasteiger partial charge in [-0.15, -0.1) is 0 Å². The fourth-order valence-electron chi connectivity index (χ4n) is 1.87. The molecule has 1 aliphatic rings. The molecule has 0 saturated carbocycles. The van der Waals surface area contributed by atoms with Crippen LogP contribution < -0.4 is 4.90 Å². The number of nitrogens with zero attached hydrogens (tertiary/aromatic N) is 1. The molecule has 0 aromatic heterocycles. The Hall–Kier alpha value is -0.540. The molecule has 2 rings (SSSR count). The van der Waals surface area contributed by atoms with E-state index in [2.05, 4.69) is 45.1 Å². The molecule has 0 radical (unpaired) electrons. The summed E-state index contributed by atoms with van der Waals surface area (Å²) in [6.07, 6.45) is 1.10. The van der Waals surface area contributed by atoms with Crippen LogP contribution in [0, 0.1) is 5.92 Å². The molecule has 1 N–H and O–H groups in total. The van der Waals surface area contributed by atoms with Gasteiger partial charge in [0, 0.05) is 35.8 Å². The first-order valence-electron chi connectivity index (χ1n) is 4.91. The summed E-state index contributed by atoms with van der Waals surface area (Å²) in [7, 11) is 0. The topological polar surface area (TPSA) is 23.5 Å². The zero-order chi connectivity index (χ0) is 9.97. The summed E-state index contributed by atoms with van der Waals surface area (Å²) in [6.45, 7) is 2.36. The number of anilines is 1. The second-order valence-electron chi connectivity index (χ2n) is 3.76. The highest BCUT2D eigenvalue weighted by molar-refractivity contribution is 9.10. The van der Waals surface area contributed by atoms with Crippen molar-refractivity contribution in [2.75, 3.05) is 24.6 Å². The summed E-state index contributed by atoms with van der Waals surface area (Å²) in [5.74, 6) is 0.457. The Labute approximate surface area is 92.7 Å². The van der Waals surface area contributed by atoms with E-state index in [4.69, 9.17) is 5.11 Å². The number of benzene rings is 1. The minimum Gasteiger partial charge on any atom is -0.396 e. The van der Waals surface area contributed by atoms with Crippen LogP contribution in [0.1, 0.15) is 6.42 Å². The summed E-state index contributed by atoms with van der Waals surface area (Å²) in [5.41, 5.74) is 1.25. The van der Waals surface area contributed by atoms with Crippen LogP contribution in [0.2, 0.25) is 0 Å². The SMILES string of the molecule is OC[C@H]1CCN(c2ccc(Br)cc2)C1. The third kappa shape index (κ3) is 2.10. The van der Waals surface area contributed by atoms with Crippen LogP contribution in [0.4, 0.5) is 5.69 Å². The minimum absolute atomic E-state index is 0.313. The van der Waals surface area contributed by atoms with Crippen molar-refractivity contribution in [1.29, 1.82) is 0 Å². The second kappa shape index (κ2) is 4.32. The molecule has 1 fully saturated rings. The predicted octanol–water partition coefficient (Wildman–Crippen LogP) is 2.27. The zero-order valence-electron chi connectivity index (χ0n) is 7.99. The van der Waals surface area contributed by atoms with Crippen LogP contribution >= 0.6 is 15.9 Å². The van der Waals surface area contributed by atoms with E-state index in [0.29, 0.717) is 12.5 Å². The highest BCUT2D eigenvalue weighted by Gasteiger charge is 2.21. The van der Waals surface area contributed by atoms with Crippen molar-refractivity contribution >= 4 is 21.6 Å². The quantitative estimate of drug-likeness (QED) is 0.877. The Morgan fingerprint density at radius 3 is 2.64 bits per heavy atom. The molecule has 0 amide bonds. The van der Waals surface area contributed by atoms with Crippen LogP contribution in [0.5, 0.6) is 0 Å². The van der Waals surface area contributed by atoms with Crippen molar-refractivity contribution in [2.45, 2.75) is 6.42 Å². The third-order valence-corrected chi connectivity index (χ3v) is 3.26. The van der Waals surface area contributed by atoms with Crippen molar-refractivity contribution in [3.05, 3.63) is 28.7 Å². The van der Waals surface area contributed by atoms with E-state index in [-0.39, 0.29) is 0 Å². The van der Waals surface area contributed by atoms with Crippen LogP contribution in [-0.2, 0) is 0 Å². The van der Waals surface area contributed by atoms with E-state index in [0.717, 1.165) is 24.0 Å². The van der Waals surface area contributed by atoms with Gasteiger partial charge in [-0.25, -0.2) is 0 Å². The maximum absolute atomic E-state index is 9.04. The molecule has 14 heavy (non-hydrogen) atoms. The molecule has 0 spiro atoms. The van der Waals surface area contributed by atoms with Gasteiger partial charge in [0.2, 0.25) is 0 Å². The molecule has 1 aromatic rings. The third-order valence-electron chi connectivity index (χ3n) is 2.74. The Morgan fingerprint density at radius 2 is 2.07 bits per heavy atom. The lowest BCUT2D eigenvalue weighted by Crippen LogP contribution is -2.20. The van der Waals surface area contributed by atoms with E-state index >= 15 is 0 Å². The molecule has 1 aromatic carbocycles. The van der Waals surface area contributed by atoms with E-state index in [1.165, 1.54) is 5.69 Å². The van der Waals surface area contributed by atoms with Gasteiger partial charge in [-0.3, -0.25) is 0 Å². The number of rotatable bonds is 2. The fourth-order valence-corrected chi connectivity index (χ4v) is 2.13. The molecule has 1 saturated heterocycles. The molecule has 0 bridgehead atoms. The molecule has 0 aliphatic carbocycles. The van der Waals surface area contributed by atoms with Crippen molar-refractivity contribution in [3.8, 4) is 0 Å². The molecule has 1 heterocycles. The van der Waals surface area contributed by atoms with Gasteiger partial charge >= 0.3 is 0 Å². The predicted molar refractivity (Wildman–Crippen MR) is 61.5 cm³/mol. The molecule has 1 aliphatic heterocycles. The smallest absolute Gasteiger partial charge is 0.0476 e. The van der Waals surface area contributed by atoms with E-state index in [1.807, 2.05) is 0 Å². The molecule has 2 nitrogen and oxygen atoms in total. The van der Waals surface area contributed by atoms with Crippen molar-refractivity contribution in [1.82, 2.24) is 0 Å². The standard InChI is InChI=1S/C11H14BrNO/c12-10-1-3-11(4-2-10)13-6-5-9(7-13)8-14/h1-4,9,14H,5-8H2/t9-/m0/s1. The maximum Gasteiger partial charge on any atom is 0.0476 e. The number of aliphatic hydroxyl groups is 1. The number of hydrogen-bond acceptors (Lipinski definition) is 2. The number of aliphatic hydroxyl groups excluding tert-OH is 1. The van der Waals surface area contributed by atoms with Gasteiger partial charge < -0.3 is 10.0 Å². The summed E-state index contributed by atoms with van der Waals surface area (Å²) >= 11 is 3.42. The van der Waals surface area contributed by atoms with E-state index < -0.39 is 0 Å². The first kappa shape index (κ1) is 9.99. The molecule has 1 atom stereocenters. The molecule has 0 unspecified atom stereocenters. The molecule has 3 heteroatoms. The molecular weight excluding hydrogens is 242 g/mol. The monoisotopic (exact) mass is 255 g/mol. The van der Waals surface area contributed by atoms with Crippen molar-refractivity contribution in [2.24, 2.45) is 5.92 Å². The first-order valence-corrected chi connectivity index (χ1v) is 5.70. The lowest BCUT2D eigenvalue weighted by Gasteiger charge is -2.18. The van der Waals surface area contributed by atoms with E-state index in [9.17, 15) is 0 Å². The van der Waals surface area contributed by atoms with Crippen LogP contribution in [-0.4, -0.2) is 24.8 Å². The highest BCUT2D eigenvalue weighted by Crippen LogP contribution is 2.24. The average Bonchev–Trinajstić information content (AvgIpc) is 2.67. The molecule has 76 valence electrons. The zero-order valence-corrected chi connectivity index (χ0v) is 9.57.